The first-order valence-electron chi connectivity index (χ1n) is 10.4. The lowest BCUT2D eigenvalue weighted by Gasteiger charge is -2.26. The lowest BCUT2D eigenvalue weighted by molar-refractivity contribution is -0.690. The molecule has 168 valence electrons. The summed E-state index contributed by atoms with van der Waals surface area (Å²) >= 11 is 0. The predicted molar refractivity (Wildman–Crippen MR) is 117 cm³/mol. The van der Waals surface area contributed by atoms with E-state index >= 15 is 0 Å². The summed E-state index contributed by atoms with van der Waals surface area (Å²) in [5, 5.41) is 13.2. The number of methoxy groups -OCH3 is 2. The number of aromatic amines is 1. The third kappa shape index (κ3) is 3.60. The van der Waals surface area contributed by atoms with Gasteiger partial charge in [-0.2, -0.15) is 0 Å². The molecule has 1 atom stereocenters. The molecule has 9 heteroatoms. The number of nitrogens with one attached hydrogen (secondary N) is 1. The van der Waals surface area contributed by atoms with Crippen molar-refractivity contribution in [2.75, 3.05) is 27.4 Å². The first-order chi connectivity index (χ1) is 15.5. The van der Waals surface area contributed by atoms with Gasteiger partial charge in [0.25, 0.3) is 5.56 Å². The topological polar surface area (TPSA) is 119 Å². The molecule has 3 aromatic rings. The Morgan fingerprint density at radius 2 is 1.84 bits per heavy atom. The lowest BCUT2D eigenvalue weighted by Crippen LogP contribution is -2.87. The van der Waals surface area contributed by atoms with E-state index in [0.717, 1.165) is 22.1 Å². The molecule has 4 N–H and O–H groups in total. The largest absolute Gasteiger partial charge is 0.494 e. The number of para-hydroxylation sites is 2. The molecule has 32 heavy (non-hydrogen) atoms. The van der Waals surface area contributed by atoms with E-state index in [0.29, 0.717) is 36.1 Å². The number of quaternary nitrogens is 1. The zero-order chi connectivity index (χ0) is 22.8. The highest BCUT2D eigenvalue weighted by Gasteiger charge is 2.33. The fourth-order valence-electron chi connectivity index (χ4n) is 4.21. The summed E-state index contributed by atoms with van der Waals surface area (Å²) < 4.78 is 17.6. The highest BCUT2D eigenvalue weighted by Crippen LogP contribution is 2.37. The third-order valence-corrected chi connectivity index (χ3v) is 5.63. The van der Waals surface area contributed by atoms with Gasteiger partial charge >= 0.3 is 5.69 Å². The van der Waals surface area contributed by atoms with Crippen molar-refractivity contribution in [3.63, 3.8) is 0 Å². The summed E-state index contributed by atoms with van der Waals surface area (Å²) in [4.78, 5) is 28.0. The number of hydrogen-bond donors (Lipinski definition) is 3. The number of hydrogen-bond acceptors (Lipinski definition) is 6. The minimum Gasteiger partial charge on any atom is -0.494 e. The normalized spacial score (nSPS) is 15.2. The van der Waals surface area contributed by atoms with Gasteiger partial charge in [-0.1, -0.05) is 12.1 Å². The molecule has 9 nitrogen and oxygen atoms in total. The Bertz CT molecular complexity index is 1260. The van der Waals surface area contributed by atoms with Gasteiger partial charge in [-0.05, 0) is 36.8 Å². The highest BCUT2D eigenvalue weighted by atomic mass is 16.5. The van der Waals surface area contributed by atoms with Crippen molar-refractivity contribution < 1.29 is 24.6 Å². The number of benzene rings is 2. The number of ether oxygens (including phenoxy) is 3. The molecule has 0 bridgehead atoms. The van der Waals surface area contributed by atoms with Crippen LogP contribution in [0, 0.1) is 0 Å². The Morgan fingerprint density at radius 3 is 2.56 bits per heavy atom. The van der Waals surface area contributed by atoms with Crippen LogP contribution in [0.5, 0.6) is 23.1 Å². The highest BCUT2D eigenvalue weighted by molar-refractivity contribution is 5.53. The molecule has 0 fully saturated rings. The summed E-state index contributed by atoms with van der Waals surface area (Å²) in [6.07, 6.45) is 0.762. The van der Waals surface area contributed by atoms with Crippen LogP contribution in [0.2, 0.25) is 0 Å². The average Bonchev–Trinajstić information content (AvgIpc) is 2.79. The minimum atomic E-state index is -0.744. The fraction of sp³-hybridized carbons (Fsp3) is 0.304. The van der Waals surface area contributed by atoms with E-state index < -0.39 is 23.2 Å². The van der Waals surface area contributed by atoms with Crippen LogP contribution in [0.3, 0.4) is 0 Å². The van der Waals surface area contributed by atoms with Gasteiger partial charge in [0.15, 0.2) is 11.5 Å². The molecule has 2 heterocycles. The summed E-state index contributed by atoms with van der Waals surface area (Å²) in [5.74, 6) is 1.12. The van der Waals surface area contributed by atoms with Crippen molar-refractivity contribution in [1.82, 2.24) is 9.55 Å². The molecule has 0 aliphatic carbocycles. The number of aromatic hydroxyl groups is 1. The Morgan fingerprint density at radius 1 is 1.12 bits per heavy atom. The van der Waals surface area contributed by atoms with Gasteiger partial charge < -0.3 is 24.6 Å². The maximum absolute atomic E-state index is 12.9. The molecule has 0 unspecified atom stereocenters. The van der Waals surface area contributed by atoms with Crippen molar-refractivity contribution in [1.29, 1.82) is 0 Å². The summed E-state index contributed by atoms with van der Waals surface area (Å²) in [7, 11) is 3.11. The Hall–Kier alpha value is -3.72. The van der Waals surface area contributed by atoms with E-state index in [1.54, 1.807) is 38.5 Å². The molecule has 0 saturated carbocycles. The smallest absolute Gasteiger partial charge is 0.335 e. The first-order valence-corrected chi connectivity index (χ1v) is 10.4. The molecule has 0 radical (unpaired) electrons. The van der Waals surface area contributed by atoms with E-state index in [4.69, 9.17) is 14.2 Å². The molecule has 4 rings (SSSR count). The van der Waals surface area contributed by atoms with Crippen LogP contribution < -0.4 is 30.8 Å². The van der Waals surface area contributed by atoms with Gasteiger partial charge in [-0.3, -0.25) is 9.78 Å². The molecule has 0 amide bonds. The lowest BCUT2D eigenvalue weighted by atomic mass is 9.90. The van der Waals surface area contributed by atoms with Gasteiger partial charge in [-0.15, -0.1) is 0 Å². The molecular weight excluding hydrogens is 414 g/mol. The predicted octanol–water partition coefficient (Wildman–Crippen LogP) is 0.856. The molecular formula is C23H26N3O6+. The van der Waals surface area contributed by atoms with Gasteiger partial charge in [-0.25, -0.2) is 9.36 Å². The second-order valence-electron chi connectivity index (χ2n) is 7.39. The molecule has 0 saturated heterocycles. The summed E-state index contributed by atoms with van der Waals surface area (Å²) in [5.41, 5.74) is 0.856. The van der Waals surface area contributed by atoms with Gasteiger partial charge in [0.1, 0.15) is 17.4 Å². The van der Waals surface area contributed by atoms with Crippen molar-refractivity contribution in [2.45, 2.75) is 19.4 Å². The number of rotatable bonds is 6. The average molecular weight is 440 g/mol. The van der Waals surface area contributed by atoms with Crippen molar-refractivity contribution in [3.8, 4) is 28.8 Å². The van der Waals surface area contributed by atoms with Crippen LogP contribution >= 0.6 is 0 Å². The monoisotopic (exact) mass is 440 g/mol. The number of nitrogens with two attached hydrogens (primary N) is 1. The molecule has 2 aromatic carbocycles. The zero-order valence-electron chi connectivity index (χ0n) is 18.2. The first kappa shape index (κ1) is 21.5. The van der Waals surface area contributed by atoms with E-state index in [9.17, 15) is 14.7 Å². The molecule has 0 spiro atoms. The number of nitrogens with zero attached hydrogens (tertiary/aromatic N) is 1. The van der Waals surface area contributed by atoms with Crippen LogP contribution in [-0.2, 0) is 6.42 Å². The summed E-state index contributed by atoms with van der Waals surface area (Å²) in [6, 6.07) is 10.0. The van der Waals surface area contributed by atoms with Crippen molar-refractivity contribution in [2.24, 2.45) is 0 Å². The third-order valence-electron chi connectivity index (χ3n) is 5.63. The van der Waals surface area contributed by atoms with Crippen LogP contribution in [0.1, 0.15) is 29.7 Å². The maximum atomic E-state index is 12.9. The Balaban J connectivity index is 1.94. The van der Waals surface area contributed by atoms with Crippen molar-refractivity contribution in [3.05, 3.63) is 73.9 Å². The molecule has 1 aliphatic rings. The van der Waals surface area contributed by atoms with Gasteiger partial charge in [0, 0.05) is 12.0 Å². The second kappa shape index (κ2) is 8.80. The van der Waals surface area contributed by atoms with E-state index in [2.05, 4.69) is 4.98 Å². The number of aromatic nitrogens is 2. The van der Waals surface area contributed by atoms with Crippen LogP contribution in [-0.4, -0.2) is 42.0 Å². The van der Waals surface area contributed by atoms with Gasteiger partial charge in [0.2, 0.25) is 5.88 Å². The number of H-pyrrole nitrogens is 1. The van der Waals surface area contributed by atoms with E-state index in [-0.39, 0.29) is 5.56 Å². The molecule has 1 aliphatic heterocycles. The van der Waals surface area contributed by atoms with Crippen LogP contribution in [0.25, 0.3) is 5.69 Å². The van der Waals surface area contributed by atoms with Gasteiger partial charge in [0.05, 0.1) is 33.1 Å². The number of fused-ring (bicyclic) bond motifs is 1. The Kier molecular flexibility index (Phi) is 5.91. The SMILES string of the molecule is CCOc1ccccc1-n1c(O)c([C@@H]2[NH2+]CCc3cc(OC)c(OC)cc32)c(=O)[nH]c1=O. The van der Waals surface area contributed by atoms with Crippen molar-refractivity contribution >= 4 is 0 Å². The van der Waals surface area contributed by atoms with E-state index in [1.807, 2.05) is 24.4 Å². The quantitative estimate of drug-likeness (QED) is 0.523. The Labute approximate surface area is 184 Å². The minimum absolute atomic E-state index is 0.0871. The zero-order valence-corrected chi connectivity index (χ0v) is 18.2. The van der Waals surface area contributed by atoms with Crippen LogP contribution in [0.15, 0.2) is 46.0 Å². The second-order valence-corrected chi connectivity index (χ2v) is 7.39. The standard InChI is InChI=1S/C23H25N3O6/c1-4-32-16-8-6-5-7-15(16)26-22(28)19(21(27)25-23(26)29)20-14-12-18(31-3)17(30-2)11-13(14)9-10-24-20/h5-8,11-12,20,24,28H,4,9-10H2,1-3H3,(H,25,27,29)/p+1/t20-/m1/s1. The fourth-order valence-corrected chi connectivity index (χ4v) is 4.21. The van der Waals surface area contributed by atoms with E-state index in [1.165, 1.54) is 0 Å². The molecule has 1 aromatic heterocycles. The van der Waals surface area contributed by atoms with Crippen LogP contribution in [0.4, 0.5) is 0 Å². The summed E-state index contributed by atoms with van der Waals surface area (Å²) in [6.45, 7) is 2.90. The maximum Gasteiger partial charge on any atom is 0.335 e.